The summed E-state index contributed by atoms with van der Waals surface area (Å²) in [5.74, 6) is -0.857. The van der Waals surface area contributed by atoms with Crippen molar-refractivity contribution in [2.75, 3.05) is 12.4 Å². The number of aromatic hydroxyl groups is 1. The van der Waals surface area contributed by atoms with E-state index >= 15 is 0 Å². The number of ether oxygens (including phenoxy) is 1. The molecule has 0 fully saturated rings. The number of carbonyl (C=O) groups is 3. The van der Waals surface area contributed by atoms with Gasteiger partial charge >= 0.3 is 6.09 Å². The number of hydrogen-bond donors (Lipinski definition) is 3. The van der Waals surface area contributed by atoms with Crippen molar-refractivity contribution < 1.29 is 24.2 Å². The van der Waals surface area contributed by atoms with E-state index in [0.717, 1.165) is 10.8 Å². The van der Waals surface area contributed by atoms with Gasteiger partial charge in [0.05, 0.1) is 0 Å². The Bertz CT molecular complexity index is 1300. The van der Waals surface area contributed by atoms with Crippen molar-refractivity contribution in [3.63, 3.8) is 0 Å². The topological polar surface area (TPSA) is 108 Å². The van der Waals surface area contributed by atoms with Crippen LogP contribution in [0.5, 0.6) is 5.75 Å². The van der Waals surface area contributed by atoms with E-state index in [1.54, 1.807) is 39.0 Å². The average molecular weight is 520 g/mol. The van der Waals surface area contributed by atoms with E-state index in [4.69, 9.17) is 4.74 Å². The molecular weight excluding hydrogens is 482 g/mol. The Kier molecular flexibility index (Phi) is 8.99. The number of hydrogen-bond acceptors (Lipinski definition) is 5. The molecule has 0 heterocycles. The minimum Gasteiger partial charge on any atom is -0.508 e. The Morgan fingerprint density at radius 3 is 2.26 bits per heavy atom. The van der Waals surface area contributed by atoms with Crippen molar-refractivity contribution in [3.8, 4) is 5.75 Å². The third kappa shape index (κ3) is 7.71. The molecule has 2 unspecified atom stereocenters. The van der Waals surface area contributed by atoms with E-state index in [0.29, 0.717) is 17.7 Å². The van der Waals surface area contributed by atoms with Crippen LogP contribution < -0.4 is 10.6 Å². The van der Waals surface area contributed by atoms with Crippen molar-refractivity contribution in [1.29, 1.82) is 0 Å². The highest BCUT2D eigenvalue weighted by Crippen LogP contribution is 2.27. The number of benzene rings is 3. The highest BCUT2D eigenvalue weighted by atomic mass is 16.6. The van der Waals surface area contributed by atoms with E-state index in [1.165, 1.54) is 24.1 Å². The molecule has 38 heavy (non-hydrogen) atoms. The van der Waals surface area contributed by atoms with Crippen molar-refractivity contribution in [2.24, 2.45) is 5.92 Å². The summed E-state index contributed by atoms with van der Waals surface area (Å²) in [5, 5.41) is 17.7. The Morgan fingerprint density at radius 1 is 0.947 bits per heavy atom. The van der Waals surface area contributed by atoms with Gasteiger partial charge in [0.2, 0.25) is 5.91 Å². The number of fused-ring (bicyclic) bond motifs is 1. The molecule has 0 aliphatic heterocycles. The van der Waals surface area contributed by atoms with Crippen molar-refractivity contribution in [1.82, 2.24) is 10.2 Å². The summed E-state index contributed by atoms with van der Waals surface area (Å²) in [6.07, 6.45) is -0.360. The zero-order chi connectivity index (χ0) is 28.0. The number of anilines is 1. The summed E-state index contributed by atoms with van der Waals surface area (Å²) in [6, 6.07) is 17.6. The first-order chi connectivity index (χ1) is 17.8. The fourth-order valence-corrected chi connectivity index (χ4v) is 4.24. The van der Waals surface area contributed by atoms with E-state index in [-0.39, 0.29) is 11.7 Å². The lowest BCUT2D eigenvalue weighted by atomic mass is 9.99. The number of nitrogens with one attached hydrogen (secondary N) is 2. The van der Waals surface area contributed by atoms with Gasteiger partial charge in [-0.05, 0) is 73.7 Å². The molecule has 0 bridgehead atoms. The number of nitrogens with zero attached hydrogens (tertiary/aromatic N) is 1. The highest BCUT2D eigenvalue weighted by molar-refractivity contribution is 6.00. The zero-order valence-electron chi connectivity index (χ0n) is 22.8. The molecule has 0 saturated heterocycles. The van der Waals surface area contributed by atoms with Crippen LogP contribution in [-0.4, -0.2) is 46.6 Å². The summed E-state index contributed by atoms with van der Waals surface area (Å²) in [7, 11) is 1.51. The second-order valence-corrected chi connectivity index (χ2v) is 10.8. The SMILES string of the molecule is CC(C)CC(NC(=O)OC(C)(C)C)C(=O)N(C)C(C(=O)Nc1ccc2ccccc2c1)c1cccc(O)c1. The van der Waals surface area contributed by atoms with Gasteiger partial charge in [-0.25, -0.2) is 4.79 Å². The Hall–Kier alpha value is -4.07. The van der Waals surface area contributed by atoms with Crippen molar-refractivity contribution in [3.05, 3.63) is 72.3 Å². The van der Waals surface area contributed by atoms with Crippen molar-refractivity contribution in [2.45, 2.75) is 58.7 Å². The first kappa shape index (κ1) is 28.5. The van der Waals surface area contributed by atoms with E-state index < -0.39 is 35.6 Å². The van der Waals surface area contributed by atoms with Crippen LogP contribution in [0.3, 0.4) is 0 Å². The minimum atomic E-state index is -1.07. The second kappa shape index (κ2) is 12.0. The first-order valence-corrected chi connectivity index (χ1v) is 12.7. The summed E-state index contributed by atoms with van der Waals surface area (Å²) < 4.78 is 5.37. The van der Waals surface area contributed by atoms with Gasteiger partial charge in [0, 0.05) is 12.7 Å². The number of rotatable bonds is 8. The molecule has 8 nitrogen and oxygen atoms in total. The molecule has 202 valence electrons. The van der Waals surface area contributed by atoms with Crippen LogP contribution in [-0.2, 0) is 14.3 Å². The summed E-state index contributed by atoms with van der Waals surface area (Å²) in [4.78, 5) is 41.2. The van der Waals surface area contributed by atoms with Crippen LogP contribution >= 0.6 is 0 Å². The molecule has 3 aromatic rings. The van der Waals surface area contributed by atoms with Gasteiger partial charge in [-0.15, -0.1) is 0 Å². The maximum atomic E-state index is 13.7. The first-order valence-electron chi connectivity index (χ1n) is 12.7. The Balaban J connectivity index is 1.92. The molecule has 3 amide bonds. The van der Waals surface area contributed by atoms with E-state index in [1.807, 2.05) is 50.2 Å². The smallest absolute Gasteiger partial charge is 0.408 e. The third-order valence-corrected chi connectivity index (χ3v) is 5.88. The molecule has 0 saturated carbocycles. The molecule has 0 aromatic heterocycles. The molecule has 2 atom stereocenters. The van der Waals surface area contributed by atoms with Gasteiger partial charge < -0.3 is 25.4 Å². The number of alkyl carbamates (subject to hydrolysis) is 1. The molecule has 3 aromatic carbocycles. The van der Waals surface area contributed by atoms with Crippen LogP contribution in [0.4, 0.5) is 10.5 Å². The number of phenolic OH excluding ortho intramolecular Hbond substituents is 1. The maximum Gasteiger partial charge on any atom is 0.408 e. The van der Waals surface area contributed by atoms with Gasteiger partial charge in [-0.3, -0.25) is 9.59 Å². The lowest BCUT2D eigenvalue weighted by Gasteiger charge is -2.32. The molecular formula is C30H37N3O5. The average Bonchev–Trinajstić information content (AvgIpc) is 2.81. The molecule has 3 N–H and O–H groups in total. The lowest BCUT2D eigenvalue weighted by Crippen LogP contribution is -2.51. The summed E-state index contributed by atoms with van der Waals surface area (Å²) in [6.45, 7) is 9.11. The van der Waals surface area contributed by atoms with Crippen LogP contribution in [0.25, 0.3) is 10.8 Å². The number of carbonyl (C=O) groups excluding carboxylic acids is 3. The van der Waals surface area contributed by atoms with Crippen molar-refractivity contribution >= 4 is 34.4 Å². The quantitative estimate of drug-likeness (QED) is 0.358. The largest absolute Gasteiger partial charge is 0.508 e. The number of amides is 3. The lowest BCUT2D eigenvalue weighted by molar-refractivity contribution is -0.139. The second-order valence-electron chi connectivity index (χ2n) is 10.8. The Morgan fingerprint density at radius 2 is 1.63 bits per heavy atom. The molecule has 8 heteroatoms. The third-order valence-electron chi connectivity index (χ3n) is 5.88. The fourth-order valence-electron chi connectivity index (χ4n) is 4.24. The zero-order valence-corrected chi connectivity index (χ0v) is 22.8. The molecule has 0 aliphatic carbocycles. The van der Waals surface area contributed by atoms with Gasteiger partial charge in [-0.2, -0.15) is 0 Å². The van der Waals surface area contributed by atoms with Gasteiger partial charge in [0.15, 0.2) is 0 Å². The van der Waals surface area contributed by atoms with Gasteiger partial charge in [0.1, 0.15) is 23.4 Å². The van der Waals surface area contributed by atoms with E-state index in [9.17, 15) is 19.5 Å². The highest BCUT2D eigenvalue weighted by Gasteiger charge is 2.34. The normalized spacial score (nSPS) is 13.0. The fraction of sp³-hybridized carbons (Fsp3) is 0.367. The Labute approximate surface area is 224 Å². The molecule has 0 aliphatic rings. The van der Waals surface area contributed by atoms with E-state index in [2.05, 4.69) is 10.6 Å². The molecule has 0 radical (unpaired) electrons. The maximum absolute atomic E-state index is 13.7. The standard InChI is InChI=1S/C30H37N3O5/c1-19(2)16-25(32-29(37)38-30(3,4)5)28(36)33(6)26(22-12-9-13-24(34)18-22)27(35)31-23-15-14-20-10-7-8-11-21(20)17-23/h7-15,17-19,25-26,34H,16H2,1-6H3,(H,31,35)(H,32,37). The predicted molar refractivity (Wildman–Crippen MR) is 149 cm³/mol. The van der Waals surface area contributed by atoms with Gasteiger partial charge in [-0.1, -0.05) is 56.3 Å². The van der Waals surface area contributed by atoms with Crippen LogP contribution in [0, 0.1) is 5.92 Å². The number of phenols is 1. The monoisotopic (exact) mass is 519 g/mol. The predicted octanol–water partition coefficient (Wildman–Crippen LogP) is 5.62. The summed E-state index contributed by atoms with van der Waals surface area (Å²) in [5.41, 5.74) is 0.274. The van der Waals surface area contributed by atoms with Crippen LogP contribution in [0.15, 0.2) is 66.7 Å². The molecule has 0 spiro atoms. The summed E-state index contributed by atoms with van der Waals surface area (Å²) >= 11 is 0. The number of likely N-dealkylation sites (N-methyl/N-ethyl adjacent to an activating group) is 1. The van der Waals surface area contributed by atoms with Gasteiger partial charge in [0.25, 0.3) is 5.91 Å². The minimum absolute atomic E-state index is 0.0301. The van der Waals surface area contributed by atoms with Crippen LogP contribution in [0.1, 0.15) is 52.6 Å². The van der Waals surface area contributed by atoms with Crippen LogP contribution in [0.2, 0.25) is 0 Å². The molecule has 3 rings (SSSR count).